The fourth-order valence-corrected chi connectivity index (χ4v) is 2.39. The molecule has 11 heteroatoms. The first kappa shape index (κ1) is 23.6. The van der Waals surface area contributed by atoms with Gasteiger partial charge in [0.1, 0.15) is 11.3 Å². The maximum absolute atomic E-state index is 13.0. The highest BCUT2D eigenvalue weighted by atomic mass is 19.4. The Kier molecular flexibility index (Phi) is 8.13. The number of rotatable bonds is 10. The quantitative estimate of drug-likeness (QED) is 0.358. The summed E-state index contributed by atoms with van der Waals surface area (Å²) in [5.74, 6) is -1.03. The molecule has 0 atom stereocenters. The van der Waals surface area contributed by atoms with Crippen LogP contribution in [0.5, 0.6) is 11.6 Å². The first-order valence-corrected chi connectivity index (χ1v) is 9.22. The van der Waals surface area contributed by atoms with Crippen molar-refractivity contribution in [3.05, 3.63) is 36.0 Å². The van der Waals surface area contributed by atoms with E-state index < -0.39 is 30.4 Å². The lowest BCUT2D eigenvalue weighted by atomic mass is 10.2. The van der Waals surface area contributed by atoms with Gasteiger partial charge in [0.25, 0.3) is 0 Å². The van der Waals surface area contributed by atoms with Gasteiger partial charge in [-0.15, -0.1) is 0 Å². The Hall–Kier alpha value is -2.72. The lowest BCUT2D eigenvalue weighted by Gasteiger charge is -2.15. The Morgan fingerprint density at radius 3 is 2.43 bits per heavy atom. The van der Waals surface area contributed by atoms with Crippen LogP contribution in [0.1, 0.15) is 38.2 Å². The van der Waals surface area contributed by atoms with Crippen LogP contribution in [0.3, 0.4) is 0 Å². The fourth-order valence-electron chi connectivity index (χ4n) is 2.39. The van der Waals surface area contributed by atoms with Crippen molar-refractivity contribution in [2.75, 3.05) is 18.5 Å². The van der Waals surface area contributed by atoms with E-state index in [0.717, 1.165) is 25.7 Å². The highest BCUT2D eigenvalue weighted by Crippen LogP contribution is 2.36. The van der Waals surface area contributed by atoms with Gasteiger partial charge in [-0.05, 0) is 18.6 Å². The number of hydrogen-bond donors (Lipinski definition) is 1. The maximum Gasteiger partial charge on any atom is 0.423 e. The molecule has 0 amide bonds. The van der Waals surface area contributed by atoms with Gasteiger partial charge in [0.05, 0.1) is 6.61 Å². The number of benzene rings is 1. The Morgan fingerprint density at radius 1 is 1.00 bits per heavy atom. The minimum atomic E-state index is -4.97. The van der Waals surface area contributed by atoms with Gasteiger partial charge < -0.3 is 14.8 Å². The van der Waals surface area contributed by atoms with Gasteiger partial charge in [0, 0.05) is 18.0 Å². The summed E-state index contributed by atoms with van der Waals surface area (Å²) in [4.78, 5) is 6.98. The number of alkyl halides is 6. The molecule has 0 aliphatic carbocycles. The van der Waals surface area contributed by atoms with Crippen LogP contribution in [-0.4, -0.2) is 29.4 Å². The molecule has 0 fully saturated rings. The minimum Gasteiger partial charge on any atom is -0.494 e. The third-order valence-electron chi connectivity index (χ3n) is 3.79. The molecular weight excluding hydrogens is 416 g/mol. The predicted molar refractivity (Wildman–Crippen MR) is 97.9 cm³/mol. The molecule has 0 unspecified atom stereocenters. The second kappa shape index (κ2) is 10.4. The molecule has 0 aliphatic heterocycles. The van der Waals surface area contributed by atoms with Crippen molar-refractivity contribution < 1.29 is 35.8 Å². The van der Waals surface area contributed by atoms with Gasteiger partial charge in [0.2, 0.25) is 11.8 Å². The van der Waals surface area contributed by atoms with Crippen LogP contribution in [0.2, 0.25) is 0 Å². The van der Waals surface area contributed by atoms with Crippen LogP contribution < -0.4 is 14.8 Å². The predicted octanol–water partition coefficient (Wildman–Crippen LogP) is 6.14. The van der Waals surface area contributed by atoms with Crippen molar-refractivity contribution in [2.24, 2.45) is 0 Å². The Labute approximate surface area is 169 Å². The average molecular weight is 437 g/mol. The van der Waals surface area contributed by atoms with Crippen LogP contribution in [0, 0.1) is 0 Å². The summed E-state index contributed by atoms with van der Waals surface area (Å²) in [5.41, 5.74) is -1.11. The molecule has 5 nitrogen and oxygen atoms in total. The lowest BCUT2D eigenvalue weighted by molar-refractivity contribution is -0.159. The van der Waals surface area contributed by atoms with Crippen LogP contribution >= 0.6 is 0 Å². The van der Waals surface area contributed by atoms with E-state index >= 15 is 0 Å². The molecule has 0 saturated carbocycles. The van der Waals surface area contributed by atoms with Crippen molar-refractivity contribution in [3.63, 3.8) is 0 Å². The Morgan fingerprint density at radius 2 is 1.77 bits per heavy atom. The number of anilines is 2. The highest BCUT2D eigenvalue weighted by Gasteiger charge is 2.38. The highest BCUT2D eigenvalue weighted by molar-refractivity contribution is 5.56. The second-order valence-electron chi connectivity index (χ2n) is 6.38. The zero-order valence-corrected chi connectivity index (χ0v) is 16.1. The average Bonchev–Trinajstić information content (AvgIpc) is 2.65. The Bertz CT molecular complexity index is 812. The summed E-state index contributed by atoms with van der Waals surface area (Å²) in [6.45, 7) is 0.697. The summed E-state index contributed by atoms with van der Waals surface area (Å²) in [6.07, 6.45) is -5.29. The number of unbranched alkanes of at least 4 members (excludes halogenated alkanes) is 3. The topological polar surface area (TPSA) is 56.3 Å². The van der Waals surface area contributed by atoms with E-state index in [-0.39, 0.29) is 5.95 Å². The SMILES string of the molecule is CCCCCCOc1cccc(Nc2ncc(C(F)(F)F)c(OCC(F)(F)F)n2)c1. The van der Waals surface area contributed by atoms with E-state index in [9.17, 15) is 26.3 Å². The molecule has 0 spiro atoms. The van der Waals surface area contributed by atoms with Gasteiger partial charge >= 0.3 is 12.4 Å². The number of aromatic nitrogens is 2. The van der Waals surface area contributed by atoms with E-state index in [1.807, 2.05) is 0 Å². The van der Waals surface area contributed by atoms with Crippen LogP contribution in [0.25, 0.3) is 0 Å². The second-order valence-corrected chi connectivity index (χ2v) is 6.38. The van der Waals surface area contributed by atoms with Gasteiger partial charge in [-0.1, -0.05) is 32.3 Å². The summed E-state index contributed by atoms with van der Waals surface area (Å²) in [5, 5.41) is 2.64. The third kappa shape index (κ3) is 7.96. The zero-order chi connectivity index (χ0) is 22.2. The number of halogens is 6. The molecule has 0 radical (unpaired) electrons. The van der Waals surface area contributed by atoms with Crippen molar-refractivity contribution in [1.82, 2.24) is 9.97 Å². The summed E-state index contributed by atoms with van der Waals surface area (Å²) in [7, 11) is 0. The van der Waals surface area contributed by atoms with Gasteiger partial charge in [0.15, 0.2) is 6.61 Å². The number of ether oxygens (including phenoxy) is 2. The van der Waals surface area contributed by atoms with E-state index in [4.69, 9.17) is 4.74 Å². The molecule has 0 bridgehead atoms. The van der Waals surface area contributed by atoms with E-state index in [1.165, 1.54) is 0 Å². The lowest BCUT2D eigenvalue weighted by Crippen LogP contribution is -2.22. The Balaban J connectivity index is 2.11. The largest absolute Gasteiger partial charge is 0.494 e. The summed E-state index contributed by atoms with van der Waals surface area (Å²) in [6, 6.07) is 6.52. The summed E-state index contributed by atoms with van der Waals surface area (Å²) >= 11 is 0. The first-order chi connectivity index (χ1) is 14.1. The molecule has 1 aromatic carbocycles. The smallest absolute Gasteiger partial charge is 0.423 e. The van der Waals surface area contributed by atoms with Crippen molar-refractivity contribution in [1.29, 1.82) is 0 Å². The molecule has 0 aliphatic rings. The van der Waals surface area contributed by atoms with Gasteiger partial charge in [-0.2, -0.15) is 31.3 Å². The molecule has 1 heterocycles. The molecule has 1 N–H and O–H groups in total. The van der Waals surface area contributed by atoms with Crippen LogP contribution in [-0.2, 0) is 6.18 Å². The van der Waals surface area contributed by atoms with Crippen molar-refractivity contribution in [3.8, 4) is 11.6 Å². The zero-order valence-electron chi connectivity index (χ0n) is 16.1. The maximum atomic E-state index is 13.0. The standard InChI is InChI=1S/C19H21F6N3O2/c1-2-3-4-5-9-29-14-8-6-7-13(10-14)27-17-26-11-15(19(23,24)25)16(28-17)30-12-18(20,21)22/h6-8,10-11H,2-5,9,12H2,1H3,(H,26,27,28). The minimum absolute atomic E-state index is 0.347. The third-order valence-corrected chi connectivity index (χ3v) is 3.79. The monoisotopic (exact) mass is 437 g/mol. The number of nitrogens with one attached hydrogen (secondary N) is 1. The summed E-state index contributed by atoms with van der Waals surface area (Å²) < 4.78 is 85.9. The normalized spacial score (nSPS) is 12.0. The van der Waals surface area contributed by atoms with Crippen LogP contribution in [0.15, 0.2) is 30.5 Å². The molecule has 30 heavy (non-hydrogen) atoms. The van der Waals surface area contributed by atoms with Crippen molar-refractivity contribution in [2.45, 2.75) is 45.0 Å². The van der Waals surface area contributed by atoms with E-state index in [2.05, 4.69) is 26.9 Å². The molecule has 0 saturated heterocycles. The number of nitrogens with zero attached hydrogens (tertiary/aromatic N) is 2. The van der Waals surface area contributed by atoms with E-state index in [1.54, 1.807) is 24.3 Å². The van der Waals surface area contributed by atoms with E-state index in [0.29, 0.717) is 24.2 Å². The van der Waals surface area contributed by atoms with Crippen molar-refractivity contribution >= 4 is 11.6 Å². The van der Waals surface area contributed by atoms with Crippen LogP contribution in [0.4, 0.5) is 38.0 Å². The molecule has 2 rings (SSSR count). The first-order valence-electron chi connectivity index (χ1n) is 9.22. The molecular formula is C19H21F6N3O2. The fraction of sp³-hybridized carbons (Fsp3) is 0.474. The molecule has 2 aromatic rings. The molecule has 1 aromatic heterocycles. The molecule has 166 valence electrons. The number of hydrogen-bond acceptors (Lipinski definition) is 5. The van der Waals surface area contributed by atoms with Gasteiger partial charge in [-0.3, -0.25) is 0 Å². The van der Waals surface area contributed by atoms with Gasteiger partial charge in [-0.25, -0.2) is 4.98 Å².